The second kappa shape index (κ2) is 11.8. The number of amides is 1. The number of aliphatic hydroxyl groups is 1. The third kappa shape index (κ3) is 5.54. The highest BCUT2D eigenvalue weighted by Crippen LogP contribution is 2.39. The van der Waals surface area contributed by atoms with Crippen molar-refractivity contribution in [3.05, 3.63) is 70.8 Å². The Hall–Kier alpha value is -3.05. The highest BCUT2D eigenvalue weighted by Gasteiger charge is 2.46. The Kier molecular flexibility index (Phi) is 8.67. The van der Waals surface area contributed by atoms with E-state index in [1.165, 1.54) is 33.5 Å². The van der Waals surface area contributed by atoms with Crippen LogP contribution >= 0.6 is 0 Å². The molecule has 2 aliphatic rings. The number of hydrogen-bond donors (Lipinski definition) is 1. The summed E-state index contributed by atoms with van der Waals surface area (Å²) >= 11 is 0. The van der Waals surface area contributed by atoms with Crippen LogP contribution in [0.25, 0.3) is 5.76 Å². The van der Waals surface area contributed by atoms with Gasteiger partial charge in [0.2, 0.25) is 10.0 Å². The Bertz CT molecular complexity index is 1300. The fourth-order valence-electron chi connectivity index (χ4n) is 4.87. The summed E-state index contributed by atoms with van der Waals surface area (Å²) in [6, 6.07) is 12.6. The summed E-state index contributed by atoms with van der Waals surface area (Å²) in [4.78, 5) is 30.2. The monoisotopic (exact) mass is 541 g/mol. The molecule has 0 bridgehead atoms. The fourth-order valence-corrected chi connectivity index (χ4v) is 6.28. The maximum atomic E-state index is 13.3. The van der Waals surface area contributed by atoms with Crippen molar-refractivity contribution < 1.29 is 27.9 Å². The van der Waals surface area contributed by atoms with Gasteiger partial charge in [-0.05, 0) is 49.8 Å². The number of nitrogens with zero attached hydrogens (tertiary/aromatic N) is 3. The molecule has 2 fully saturated rings. The summed E-state index contributed by atoms with van der Waals surface area (Å²) in [6.07, 6.45) is 0. The quantitative estimate of drug-likeness (QED) is 0.296. The van der Waals surface area contributed by atoms with Crippen LogP contribution in [-0.2, 0) is 24.3 Å². The number of benzene rings is 2. The van der Waals surface area contributed by atoms with Crippen molar-refractivity contribution in [1.29, 1.82) is 0 Å². The highest BCUT2D eigenvalue weighted by atomic mass is 32.2. The summed E-state index contributed by atoms with van der Waals surface area (Å²) < 4.78 is 32.6. The van der Waals surface area contributed by atoms with E-state index >= 15 is 0 Å². The van der Waals surface area contributed by atoms with Crippen molar-refractivity contribution in [2.24, 2.45) is 0 Å². The van der Waals surface area contributed by atoms with Crippen LogP contribution in [-0.4, -0.2) is 91.8 Å². The fraction of sp³-hybridized carbons (Fsp3) is 0.429. The zero-order valence-corrected chi connectivity index (χ0v) is 22.9. The first-order chi connectivity index (χ1) is 18.2. The van der Waals surface area contributed by atoms with Crippen LogP contribution in [0.3, 0.4) is 0 Å². The molecule has 38 heavy (non-hydrogen) atoms. The van der Waals surface area contributed by atoms with Crippen molar-refractivity contribution in [3.63, 3.8) is 0 Å². The smallest absolute Gasteiger partial charge is 0.295 e. The number of likely N-dealkylation sites (tertiary alicyclic amines) is 1. The minimum Gasteiger partial charge on any atom is -0.507 e. The van der Waals surface area contributed by atoms with Gasteiger partial charge in [-0.2, -0.15) is 4.31 Å². The lowest BCUT2D eigenvalue weighted by Gasteiger charge is -2.28. The largest absolute Gasteiger partial charge is 0.507 e. The zero-order valence-electron chi connectivity index (χ0n) is 22.1. The molecule has 2 heterocycles. The molecule has 9 nitrogen and oxygen atoms in total. The van der Waals surface area contributed by atoms with E-state index in [4.69, 9.17) is 4.74 Å². The summed E-state index contributed by atoms with van der Waals surface area (Å²) in [7, 11) is -3.71. The maximum Gasteiger partial charge on any atom is 0.295 e. The number of aryl methyl sites for hydroxylation is 1. The number of carbonyl (C=O) groups is 2. The molecular weight excluding hydrogens is 506 g/mol. The lowest BCUT2D eigenvalue weighted by Crippen LogP contribution is -2.40. The van der Waals surface area contributed by atoms with E-state index < -0.39 is 27.8 Å². The van der Waals surface area contributed by atoms with Crippen LogP contribution < -0.4 is 0 Å². The minimum absolute atomic E-state index is 0.00202. The molecule has 1 amide bonds. The van der Waals surface area contributed by atoms with Crippen molar-refractivity contribution in [1.82, 2.24) is 14.1 Å². The van der Waals surface area contributed by atoms with Crippen molar-refractivity contribution in [2.45, 2.75) is 31.7 Å². The molecule has 204 valence electrons. The van der Waals surface area contributed by atoms with E-state index in [0.29, 0.717) is 26.3 Å². The molecule has 2 aromatic carbocycles. The number of ether oxygens (including phenoxy) is 1. The Labute approximate surface area is 224 Å². The number of ketones is 1. The molecule has 1 N–H and O–H groups in total. The van der Waals surface area contributed by atoms with E-state index in [1.807, 2.05) is 45.0 Å². The molecule has 10 heteroatoms. The van der Waals surface area contributed by atoms with E-state index in [1.54, 1.807) is 0 Å². The molecule has 0 spiro atoms. The third-order valence-corrected chi connectivity index (χ3v) is 9.13. The molecule has 1 atom stereocenters. The Morgan fingerprint density at radius 3 is 2.18 bits per heavy atom. The van der Waals surface area contributed by atoms with Gasteiger partial charge in [-0.15, -0.1) is 0 Å². The van der Waals surface area contributed by atoms with Crippen molar-refractivity contribution in [3.8, 4) is 0 Å². The molecule has 0 aliphatic carbocycles. The van der Waals surface area contributed by atoms with Gasteiger partial charge in [0.05, 0.1) is 29.7 Å². The van der Waals surface area contributed by atoms with Crippen LogP contribution in [0.5, 0.6) is 0 Å². The number of aliphatic hydroxyl groups excluding tert-OH is 1. The summed E-state index contributed by atoms with van der Waals surface area (Å²) in [5.41, 5.74) is 2.03. The number of sulfonamides is 1. The predicted molar refractivity (Wildman–Crippen MR) is 144 cm³/mol. The second-order valence-electron chi connectivity index (χ2n) is 9.47. The van der Waals surface area contributed by atoms with E-state index in [9.17, 15) is 23.1 Å². The lowest BCUT2D eigenvalue weighted by atomic mass is 9.95. The minimum atomic E-state index is -3.71. The molecule has 0 radical (unpaired) electrons. The van der Waals surface area contributed by atoms with E-state index in [2.05, 4.69) is 4.90 Å². The number of Topliss-reactive ketones (excluding diaryl/α,β-unsaturated/α-hetero) is 1. The number of hydrogen-bond acceptors (Lipinski definition) is 7. The van der Waals surface area contributed by atoms with Gasteiger partial charge in [0.1, 0.15) is 5.76 Å². The first kappa shape index (κ1) is 28.0. The second-order valence-corrected chi connectivity index (χ2v) is 11.4. The predicted octanol–water partition coefficient (Wildman–Crippen LogP) is 2.78. The van der Waals surface area contributed by atoms with Crippen LogP contribution in [0.1, 0.15) is 36.6 Å². The summed E-state index contributed by atoms with van der Waals surface area (Å²) in [6.45, 7) is 9.81. The molecule has 2 aromatic rings. The Balaban J connectivity index is 1.71. The molecular formula is C28H35N3O6S. The molecule has 0 unspecified atom stereocenters. The van der Waals surface area contributed by atoms with Gasteiger partial charge in [-0.3, -0.25) is 9.59 Å². The standard InChI is InChI=1S/C28H35N3O6S/c1-4-29(5-2)14-15-31-25(21-8-6-20(3)7-9-21)24(27(33)28(31)34)26(32)22-10-12-23(13-11-22)38(35,36)30-16-18-37-19-17-30/h6-13,25,32H,4-5,14-19H2,1-3H3/b26-24+/t25-/m0/s1. The average Bonchev–Trinajstić information content (AvgIpc) is 3.19. The van der Waals surface area contributed by atoms with Gasteiger partial charge in [-0.25, -0.2) is 8.42 Å². The van der Waals surface area contributed by atoms with E-state index in [0.717, 1.165) is 24.2 Å². The zero-order chi connectivity index (χ0) is 27.4. The van der Waals surface area contributed by atoms with Gasteiger partial charge in [0.15, 0.2) is 0 Å². The number of likely N-dealkylation sites (N-methyl/N-ethyl adjacent to an activating group) is 1. The van der Waals surface area contributed by atoms with Crippen molar-refractivity contribution in [2.75, 3.05) is 52.5 Å². The molecule has 0 aromatic heterocycles. The van der Waals surface area contributed by atoms with Crippen LogP contribution in [0, 0.1) is 6.92 Å². The SMILES string of the molecule is CCN(CC)CCN1C(=O)C(=O)/C(=C(/O)c2ccc(S(=O)(=O)N3CCOCC3)cc2)[C@@H]1c1ccc(C)cc1. The van der Waals surface area contributed by atoms with Crippen LogP contribution in [0.4, 0.5) is 0 Å². The first-order valence-corrected chi connectivity index (χ1v) is 14.4. The Morgan fingerprint density at radius 1 is 1.00 bits per heavy atom. The van der Waals surface area contributed by atoms with Gasteiger partial charge in [0, 0.05) is 31.7 Å². The summed E-state index contributed by atoms with van der Waals surface area (Å²) in [5, 5.41) is 11.3. The van der Waals surface area contributed by atoms with Crippen LogP contribution in [0.15, 0.2) is 59.0 Å². The topological polar surface area (TPSA) is 107 Å². The maximum absolute atomic E-state index is 13.3. The lowest BCUT2D eigenvalue weighted by molar-refractivity contribution is -0.140. The van der Waals surface area contributed by atoms with E-state index in [-0.39, 0.29) is 34.9 Å². The number of rotatable bonds is 9. The van der Waals surface area contributed by atoms with Gasteiger partial charge in [-0.1, -0.05) is 43.7 Å². The molecule has 4 rings (SSSR count). The first-order valence-electron chi connectivity index (χ1n) is 12.9. The van der Waals surface area contributed by atoms with Gasteiger partial charge in [0.25, 0.3) is 11.7 Å². The highest BCUT2D eigenvalue weighted by molar-refractivity contribution is 7.89. The van der Waals surface area contributed by atoms with Gasteiger partial charge < -0.3 is 19.6 Å². The van der Waals surface area contributed by atoms with Crippen molar-refractivity contribution >= 4 is 27.5 Å². The number of morpholine rings is 1. The summed E-state index contributed by atoms with van der Waals surface area (Å²) in [5.74, 6) is -1.73. The Morgan fingerprint density at radius 2 is 1.61 bits per heavy atom. The average molecular weight is 542 g/mol. The normalized spacial score (nSPS) is 20.4. The molecule has 2 aliphatic heterocycles. The third-order valence-electron chi connectivity index (χ3n) is 7.22. The molecule has 0 saturated carbocycles. The molecule has 2 saturated heterocycles. The van der Waals surface area contributed by atoms with Crippen LogP contribution in [0.2, 0.25) is 0 Å². The van der Waals surface area contributed by atoms with Gasteiger partial charge >= 0.3 is 0 Å². The number of carbonyl (C=O) groups excluding carboxylic acids is 2.